The average Bonchev–Trinajstić information content (AvgIpc) is 2.69. The van der Waals surface area contributed by atoms with Gasteiger partial charge in [0.1, 0.15) is 11.5 Å². The molecule has 0 bridgehead atoms. The number of aryl methyl sites for hydroxylation is 2. The molecule has 0 spiro atoms. The van der Waals surface area contributed by atoms with Crippen LogP contribution in [0.1, 0.15) is 24.5 Å². The summed E-state index contributed by atoms with van der Waals surface area (Å²) in [4.78, 5) is 4.73. The van der Waals surface area contributed by atoms with Gasteiger partial charge in [-0.25, -0.2) is 4.99 Å². The van der Waals surface area contributed by atoms with E-state index in [-0.39, 0.29) is 0 Å². The smallest absolute Gasteiger partial charge is 0.226 e. The molecule has 0 heterocycles. The Balaban J connectivity index is 1.93. The maximum atomic E-state index is 6.17. The van der Waals surface area contributed by atoms with Crippen LogP contribution in [0, 0.1) is 13.8 Å². The van der Waals surface area contributed by atoms with Gasteiger partial charge in [-0.2, -0.15) is 0 Å². The first-order valence-electron chi connectivity index (χ1n) is 9.45. The van der Waals surface area contributed by atoms with Gasteiger partial charge in [0.2, 0.25) is 5.90 Å². The monoisotopic (exact) mass is 371 g/mol. The fraction of sp³-hybridized carbons (Fsp3) is 0.160. The van der Waals surface area contributed by atoms with Gasteiger partial charge in [0.05, 0.1) is 11.9 Å². The molecule has 0 unspecified atom stereocenters. The van der Waals surface area contributed by atoms with E-state index < -0.39 is 0 Å². The molecule has 0 aliphatic heterocycles. The third-order valence-electron chi connectivity index (χ3n) is 4.17. The Kier molecular flexibility index (Phi) is 6.64. The quantitative estimate of drug-likeness (QED) is 0.271. The van der Waals surface area contributed by atoms with Crippen LogP contribution in [-0.2, 0) is 0 Å². The fourth-order valence-corrected chi connectivity index (χ4v) is 2.68. The topological polar surface area (TPSA) is 30.8 Å². The van der Waals surface area contributed by atoms with Crippen molar-refractivity contribution in [2.75, 3.05) is 0 Å². The number of nitrogens with zero attached hydrogens (tertiary/aromatic N) is 1. The molecule has 142 valence electrons. The minimum atomic E-state index is 0.534. The van der Waals surface area contributed by atoms with Crippen LogP contribution in [0.25, 0.3) is 0 Å². The van der Waals surface area contributed by atoms with Crippen molar-refractivity contribution in [2.45, 2.75) is 27.2 Å². The summed E-state index contributed by atoms with van der Waals surface area (Å²) in [5, 5.41) is 0. The molecule has 0 fully saturated rings. The van der Waals surface area contributed by atoms with E-state index in [1.807, 2.05) is 92.7 Å². The maximum absolute atomic E-state index is 6.17. The Morgan fingerprint density at radius 3 is 2.11 bits per heavy atom. The van der Waals surface area contributed by atoms with E-state index in [2.05, 4.69) is 6.92 Å². The summed E-state index contributed by atoms with van der Waals surface area (Å²) in [5.41, 5.74) is 4.00. The zero-order valence-corrected chi connectivity index (χ0v) is 16.6. The van der Waals surface area contributed by atoms with E-state index in [0.717, 1.165) is 40.3 Å². The summed E-state index contributed by atoms with van der Waals surface area (Å²) in [7, 11) is 0. The Morgan fingerprint density at radius 1 is 0.821 bits per heavy atom. The van der Waals surface area contributed by atoms with Crippen molar-refractivity contribution in [3.63, 3.8) is 0 Å². The molecule has 3 rings (SSSR count). The Hall–Kier alpha value is -3.33. The van der Waals surface area contributed by atoms with Crippen molar-refractivity contribution in [2.24, 2.45) is 4.99 Å². The average molecular weight is 371 g/mol. The summed E-state index contributed by atoms with van der Waals surface area (Å²) in [6.07, 6.45) is 2.45. The SMILES string of the molecule is CCC(=C\Oc1cccc(C)c1)/C(=N/c1ccccc1)Oc1cccc(C)c1. The van der Waals surface area contributed by atoms with E-state index in [1.54, 1.807) is 6.26 Å². The van der Waals surface area contributed by atoms with Crippen molar-refractivity contribution < 1.29 is 9.47 Å². The van der Waals surface area contributed by atoms with E-state index in [0.29, 0.717) is 5.90 Å². The van der Waals surface area contributed by atoms with Crippen LogP contribution in [0.15, 0.2) is 95.7 Å². The molecule has 28 heavy (non-hydrogen) atoms. The van der Waals surface area contributed by atoms with E-state index in [9.17, 15) is 0 Å². The van der Waals surface area contributed by atoms with E-state index in [4.69, 9.17) is 14.5 Å². The highest BCUT2D eigenvalue weighted by Gasteiger charge is 2.11. The normalized spacial score (nSPS) is 12.0. The Labute approximate surface area is 167 Å². The van der Waals surface area contributed by atoms with Crippen LogP contribution in [0.3, 0.4) is 0 Å². The van der Waals surface area contributed by atoms with Gasteiger partial charge in [0.25, 0.3) is 0 Å². The van der Waals surface area contributed by atoms with Crippen molar-refractivity contribution >= 4 is 11.6 Å². The molecular weight excluding hydrogens is 346 g/mol. The molecule has 0 radical (unpaired) electrons. The predicted molar refractivity (Wildman–Crippen MR) is 116 cm³/mol. The number of benzene rings is 3. The maximum Gasteiger partial charge on any atom is 0.226 e. The third kappa shape index (κ3) is 5.58. The fourth-order valence-electron chi connectivity index (χ4n) is 2.68. The van der Waals surface area contributed by atoms with E-state index >= 15 is 0 Å². The van der Waals surface area contributed by atoms with Gasteiger partial charge in [-0.3, -0.25) is 0 Å². The first-order valence-corrected chi connectivity index (χ1v) is 9.45. The summed E-state index contributed by atoms with van der Waals surface area (Å²) in [5.74, 6) is 2.08. The highest BCUT2D eigenvalue weighted by atomic mass is 16.5. The van der Waals surface area contributed by atoms with Gasteiger partial charge in [0, 0.05) is 5.57 Å². The highest BCUT2D eigenvalue weighted by molar-refractivity contribution is 5.96. The Morgan fingerprint density at radius 2 is 1.46 bits per heavy atom. The molecule has 0 aromatic heterocycles. The lowest BCUT2D eigenvalue weighted by Crippen LogP contribution is -2.12. The first kappa shape index (κ1) is 19.4. The lowest BCUT2D eigenvalue weighted by atomic mass is 10.2. The van der Waals surface area contributed by atoms with Crippen LogP contribution < -0.4 is 9.47 Å². The molecule has 0 aliphatic carbocycles. The second-order valence-electron chi connectivity index (χ2n) is 6.60. The Bertz CT molecular complexity index is 975. The largest absolute Gasteiger partial charge is 0.465 e. The minimum Gasteiger partial charge on any atom is -0.465 e. The number of hydrogen-bond donors (Lipinski definition) is 0. The van der Waals surface area contributed by atoms with Gasteiger partial charge in [-0.05, 0) is 67.8 Å². The number of hydrogen-bond acceptors (Lipinski definition) is 3. The zero-order chi connectivity index (χ0) is 19.8. The van der Waals surface area contributed by atoms with Crippen LogP contribution in [0.5, 0.6) is 11.5 Å². The molecule has 0 saturated carbocycles. The molecule has 3 nitrogen and oxygen atoms in total. The van der Waals surface area contributed by atoms with Crippen LogP contribution in [0.4, 0.5) is 5.69 Å². The first-order chi connectivity index (χ1) is 13.6. The lowest BCUT2D eigenvalue weighted by molar-refractivity contribution is 0.471. The van der Waals surface area contributed by atoms with Crippen molar-refractivity contribution in [3.05, 3.63) is 102 Å². The minimum absolute atomic E-state index is 0.534. The zero-order valence-electron chi connectivity index (χ0n) is 16.6. The van der Waals surface area contributed by atoms with Crippen molar-refractivity contribution in [3.8, 4) is 11.5 Å². The molecule has 3 heteroatoms. The third-order valence-corrected chi connectivity index (χ3v) is 4.17. The predicted octanol–water partition coefficient (Wildman–Crippen LogP) is 6.79. The second-order valence-corrected chi connectivity index (χ2v) is 6.60. The molecule has 0 amide bonds. The van der Waals surface area contributed by atoms with Crippen LogP contribution in [-0.4, -0.2) is 5.90 Å². The van der Waals surface area contributed by atoms with Gasteiger partial charge in [0.15, 0.2) is 0 Å². The van der Waals surface area contributed by atoms with Crippen LogP contribution >= 0.6 is 0 Å². The standard InChI is InChI=1S/C25H25NO2/c1-4-21(18-27-23-14-8-10-19(2)16-23)25(26-22-12-6-5-7-13-22)28-24-15-9-11-20(3)17-24/h5-18H,4H2,1-3H3/b21-18+,26-25-. The summed E-state index contributed by atoms with van der Waals surface area (Å²) in [6.45, 7) is 6.14. The summed E-state index contributed by atoms with van der Waals surface area (Å²) >= 11 is 0. The van der Waals surface area contributed by atoms with Crippen LogP contribution in [0.2, 0.25) is 0 Å². The molecular formula is C25H25NO2. The number of para-hydroxylation sites is 1. The highest BCUT2D eigenvalue weighted by Crippen LogP contribution is 2.21. The van der Waals surface area contributed by atoms with Gasteiger partial charge in [-0.15, -0.1) is 0 Å². The number of rotatable bonds is 6. The summed E-state index contributed by atoms with van der Waals surface area (Å²) in [6, 6.07) is 25.7. The molecule has 0 saturated heterocycles. The number of aliphatic imine (C=N–C) groups is 1. The lowest BCUT2D eigenvalue weighted by Gasteiger charge is -2.12. The van der Waals surface area contributed by atoms with Gasteiger partial charge >= 0.3 is 0 Å². The molecule has 3 aromatic rings. The molecule has 3 aromatic carbocycles. The van der Waals surface area contributed by atoms with E-state index in [1.165, 1.54) is 0 Å². The van der Waals surface area contributed by atoms with Gasteiger partial charge in [-0.1, -0.05) is 49.4 Å². The molecule has 0 N–H and O–H groups in total. The number of ether oxygens (including phenoxy) is 2. The second kappa shape index (κ2) is 9.56. The van der Waals surface area contributed by atoms with Crippen molar-refractivity contribution in [1.29, 1.82) is 0 Å². The summed E-state index contributed by atoms with van der Waals surface area (Å²) < 4.78 is 12.1. The van der Waals surface area contributed by atoms with Gasteiger partial charge < -0.3 is 9.47 Å². The van der Waals surface area contributed by atoms with Crippen molar-refractivity contribution in [1.82, 2.24) is 0 Å². The molecule has 0 aliphatic rings. The molecule has 0 atom stereocenters.